The lowest BCUT2D eigenvalue weighted by Gasteiger charge is -2.22. The molecule has 0 unspecified atom stereocenters. The van der Waals surface area contributed by atoms with Crippen molar-refractivity contribution < 1.29 is 0 Å². The van der Waals surface area contributed by atoms with Crippen LogP contribution in [0.25, 0.3) is 78.1 Å². The minimum atomic E-state index is 0.771. The van der Waals surface area contributed by atoms with Crippen LogP contribution >= 0.6 is 0 Å². The first kappa shape index (κ1) is 53.9. The second-order valence-electron chi connectivity index (χ2n) is 22.5. The van der Waals surface area contributed by atoms with Crippen LogP contribution in [0, 0.1) is 0 Å². The molecule has 3 aliphatic carbocycles. The lowest BCUT2D eigenvalue weighted by Crippen LogP contribution is -2.04. The Hall–Kier alpha value is -10.4. The Morgan fingerprint density at radius 3 is 1.42 bits per heavy atom. The average molecular weight is 1090 g/mol. The van der Waals surface area contributed by atoms with Gasteiger partial charge in [0.25, 0.3) is 0 Å². The first-order valence-electron chi connectivity index (χ1n) is 29.7. The summed E-state index contributed by atoms with van der Waals surface area (Å²) in [5.41, 5.74) is 31.1. The van der Waals surface area contributed by atoms with E-state index < -0.39 is 0 Å². The van der Waals surface area contributed by atoms with Gasteiger partial charge in [-0.3, -0.25) is 0 Å². The number of hydrogen-bond acceptors (Lipinski definition) is 0. The summed E-state index contributed by atoms with van der Waals surface area (Å²) < 4.78 is 0. The number of fused-ring (bicyclic) bond motifs is 5. The molecule has 10 aromatic carbocycles. The SMILES string of the molecule is C=C(/C=C(\C=C(/C)c1ccccc1)c1ccc(C2=CC3=C(c4ccccc4)c4ccc(-c5ccc(C(/C=C(\C)c6ccccc6)=C/C(=C)c6ccccc6)c6ccccc56)cc4C(c4ccccc4)=C(C=C2)C3)c2c1C=CCC2)c1ccccc1. The molecule has 0 fully saturated rings. The predicted molar refractivity (Wildman–Crippen MR) is 367 cm³/mol. The summed E-state index contributed by atoms with van der Waals surface area (Å²) in [6.45, 7) is 13.6. The highest BCUT2D eigenvalue weighted by atomic mass is 14.3. The second-order valence-corrected chi connectivity index (χ2v) is 22.5. The molecule has 85 heavy (non-hydrogen) atoms. The van der Waals surface area contributed by atoms with Crippen molar-refractivity contribution in [1.29, 1.82) is 0 Å². The van der Waals surface area contributed by atoms with Crippen LogP contribution in [0.4, 0.5) is 0 Å². The van der Waals surface area contributed by atoms with Gasteiger partial charge in [0.2, 0.25) is 0 Å². The van der Waals surface area contributed by atoms with Crippen LogP contribution in [-0.4, -0.2) is 0 Å². The van der Waals surface area contributed by atoms with Crippen LogP contribution in [0.5, 0.6) is 0 Å². The minimum absolute atomic E-state index is 0.771. The molecule has 10 aromatic rings. The Bertz CT molecular complexity index is 4510. The Labute approximate surface area is 502 Å². The largest absolute Gasteiger partial charge is 0.0911 e. The highest BCUT2D eigenvalue weighted by molar-refractivity contribution is 6.08. The molecule has 0 amide bonds. The van der Waals surface area contributed by atoms with Crippen molar-refractivity contribution in [3.8, 4) is 11.1 Å². The lowest BCUT2D eigenvalue weighted by atomic mass is 9.82. The molecule has 3 aliphatic rings. The van der Waals surface area contributed by atoms with Gasteiger partial charge >= 0.3 is 0 Å². The molecule has 0 heteroatoms. The highest BCUT2D eigenvalue weighted by Crippen LogP contribution is 2.48. The maximum absolute atomic E-state index is 4.61. The molecule has 13 rings (SSSR count). The molecule has 0 saturated carbocycles. The van der Waals surface area contributed by atoms with Crippen molar-refractivity contribution in [3.05, 3.63) is 394 Å². The molecular formula is C85H66. The summed E-state index contributed by atoms with van der Waals surface area (Å²) >= 11 is 0. The summed E-state index contributed by atoms with van der Waals surface area (Å²) in [6.07, 6.45) is 24.0. The van der Waals surface area contributed by atoms with Crippen molar-refractivity contribution in [1.82, 2.24) is 0 Å². The van der Waals surface area contributed by atoms with Gasteiger partial charge in [0, 0.05) is 0 Å². The van der Waals surface area contributed by atoms with Gasteiger partial charge in [-0.25, -0.2) is 0 Å². The van der Waals surface area contributed by atoms with Gasteiger partial charge in [-0.15, -0.1) is 0 Å². The van der Waals surface area contributed by atoms with Gasteiger partial charge in [-0.2, -0.15) is 0 Å². The molecule has 0 heterocycles. The molecular weight excluding hydrogens is 1020 g/mol. The summed E-state index contributed by atoms with van der Waals surface area (Å²) in [5, 5.41) is 2.39. The monoisotopic (exact) mass is 1090 g/mol. The number of allylic oxidation sites excluding steroid dienone is 17. The Kier molecular flexibility index (Phi) is 15.3. The minimum Gasteiger partial charge on any atom is -0.0911 e. The van der Waals surface area contributed by atoms with Crippen LogP contribution in [0.15, 0.2) is 322 Å². The van der Waals surface area contributed by atoms with Crippen molar-refractivity contribution in [2.45, 2.75) is 33.1 Å². The molecule has 2 bridgehead atoms. The lowest BCUT2D eigenvalue weighted by molar-refractivity contribution is 0.979. The van der Waals surface area contributed by atoms with E-state index in [0.29, 0.717) is 0 Å². The van der Waals surface area contributed by atoms with Crippen molar-refractivity contribution >= 4 is 67.0 Å². The summed E-state index contributed by atoms with van der Waals surface area (Å²) in [6, 6.07) is 90.1. The molecule has 0 spiro atoms. The number of hydrogen-bond donors (Lipinski definition) is 0. The zero-order valence-electron chi connectivity index (χ0n) is 48.4. The summed E-state index contributed by atoms with van der Waals surface area (Å²) in [7, 11) is 0. The molecule has 406 valence electrons. The van der Waals surface area contributed by atoms with Gasteiger partial charge in [0.15, 0.2) is 0 Å². The van der Waals surface area contributed by atoms with Crippen LogP contribution in [0.3, 0.4) is 0 Å². The smallest absolute Gasteiger partial charge is 0.00128 e. The standard InChI is InChI=1S/C85H66/c1-58(62-27-11-5-12-28-62)51-71(52-59(2)63-29-13-6-14-30-63)76-49-47-74(78-39-23-25-41-80(76)78)68-43-44-70-56-73(55-68)85(67-37-21-10-22-38-67)82-46-45-69(57-83(82)84(70)66-35-19-9-20-36-66)75-48-50-77(81-42-26-24-40-79(75)81)72(53-60(3)64-31-15-7-16-32-64)54-61(4)65-33-17-8-18-34-65/h5-22,24-38,40-55,57H,1,3,23,39,56H2,2,4H3/b59-52+,61-54+,71-51+,72-53+. The van der Waals surface area contributed by atoms with Gasteiger partial charge in [-0.05, 0) is 207 Å². The second kappa shape index (κ2) is 24.2. The molecule has 0 atom stereocenters. The molecule has 0 nitrogen and oxygen atoms in total. The summed E-state index contributed by atoms with van der Waals surface area (Å²) in [5.74, 6) is 0. The quantitative estimate of drug-likeness (QED) is 0.0952. The van der Waals surface area contributed by atoms with Crippen LogP contribution in [0.2, 0.25) is 0 Å². The van der Waals surface area contributed by atoms with E-state index in [0.717, 1.165) is 58.2 Å². The van der Waals surface area contributed by atoms with Crippen molar-refractivity contribution in [3.63, 3.8) is 0 Å². The fourth-order valence-electron chi connectivity index (χ4n) is 12.8. The fraction of sp³-hybridized carbons (Fsp3) is 0.0588. The third-order valence-corrected chi connectivity index (χ3v) is 17.0. The van der Waals surface area contributed by atoms with Gasteiger partial charge < -0.3 is 0 Å². The Balaban J connectivity index is 0.974. The Morgan fingerprint density at radius 2 is 0.847 bits per heavy atom. The van der Waals surface area contributed by atoms with E-state index in [2.05, 4.69) is 330 Å². The van der Waals surface area contributed by atoms with Gasteiger partial charge in [0.1, 0.15) is 0 Å². The van der Waals surface area contributed by atoms with Crippen LogP contribution in [0.1, 0.15) is 99.0 Å². The highest BCUT2D eigenvalue weighted by Gasteiger charge is 2.28. The number of benzene rings is 10. The van der Waals surface area contributed by atoms with E-state index in [1.165, 1.54) is 117 Å². The van der Waals surface area contributed by atoms with Crippen molar-refractivity contribution in [2.75, 3.05) is 0 Å². The normalized spacial score (nSPS) is 14.4. The molecule has 0 saturated heterocycles. The van der Waals surface area contributed by atoms with E-state index in [-0.39, 0.29) is 0 Å². The van der Waals surface area contributed by atoms with Crippen molar-refractivity contribution in [2.24, 2.45) is 0 Å². The third-order valence-electron chi connectivity index (χ3n) is 17.0. The molecule has 0 aromatic heterocycles. The predicted octanol–water partition coefficient (Wildman–Crippen LogP) is 22.5. The van der Waals surface area contributed by atoms with E-state index >= 15 is 0 Å². The van der Waals surface area contributed by atoms with Gasteiger partial charge in [0.05, 0.1) is 0 Å². The first-order valence-corrected chi connectivity index (χ1v) is 29.7. The third kappa shape index (κ3) is 11.2. The van der Waals surface area contributed by atoms with Crippen LogP contribution in [-0.2, 0) is 6.42 Å². The van der Waals surface area contributed by atoms with Gasteiger partial charge in [-0.1, -0.05) is 298 Å². The van der Waals surface area contributed by atoms with E-state index in [1.54, 1.807) is 0 Å². The zero-order chi connectivity index (χ0) is 57.6. The fourth-order valence-corrected chi connectivity index (χ4v) is 12.8. The van der Waals surface area contributed by atoms with E-state index in [1.807, 2.05) is 0 Å². The maximum atomic E-state index is 4.61. The topological polar surface area (TPSA) is 0 Å². The van der Waals surface area contributed by atoms with Crippen LogP contribution < -0.4 is 0 Å². The molecule has 0 aliphatic heterocycles. The molecule has 0 N–H and O–H groups in total. The molecule has 0 radical (unpaired) electrons. The van der Waals surface area contributed by atoms with E-state index in [9.17, 15) is 0 Å². The average Bonchev–Trinajstić information content (AvgIpc) is 4.15. The number of rotatable bonds is 14. The summed E-state index contributed by atoms with van der Waals surface area (Å²) in [4.78, 5) is 0. The van der Waals surface area contributed by atoms with E-state index in [4.69, 9.17) is 0 Å². The maximum Gasteiger partial charge on any atom is -0.00128 e. The first-order chi connectivity index (χ1) is 41.8. The Morgan fingerprint density at radius 1 is 0.376 bits per heavy atom. The zero-order valence-corrected chi connectivity index (χ0v) is 48.4.